The van der Waals surface area contributed by atoms with E-state index in [0.717, 1.165) is 11.3 Å². The Balaban J connectivity index is 2.49. The molecular formula is C10H13NO3. The van der Waals surface area contributed by atoms with E-state index in [9.17, 15) is 0 Å². The van der Waals surface area contributed by atoms with Crippen molar-refractivity contribution in [2.75, 3.05) is 25.8 Å². The van der Waals surface area contributed by atoms with Gasteiger partial charge in [0, 0.05) is 31.4 Å². The lowest BCUT2D eigenvalue weighted by molar-refractivity contribution is 0.171. The summed E-state index contributed by atoms with van der Waals surface area (Å²) < 4.78 is 10.5. The molecule has 1 heterocycles. The lowest BCUT2D eigenvalue weighted by Crippen LogP contribution is -2.08. The summed E-state index contributed by atoms with van der Waals surface area (Å²) in [5.74, 6) is 1.37. The molecule has 1 aromatic rings. The first kappa shape index (κ1) is 9.15. The van der Waals surface area contributed by atoms with Crippen LogP contribution in [0.1, 0.15) is 5.56 Å². The van der Waals surface area contributed by atoms with Crippen molar-refractivity contribution in [1.29, 1.82) is 0 Å². The van der Waals surface area contributed by atoms with Crippen molar-refractivity contribution in [2.24, 2.45) is 0 Å². The van der Waals surface area contributed by atoms with Crippen molar-refractivity contribution in [3.05, 3.63) is 17.7 Å². The molecule has 0 atom stereocenters. The molecule has 0 spiro atoms. The van der Waals surface area contributed by atoms with Gasteiger partial charge < -0.3 is 19.5 Å². The molecule has 4 heteroatoms. The van der Waals surface area contributed by atoms with Crippen LogP contribution in [0.15, 0.2) is 12.1 Å². The zero-order valence-corrected chi connectivity index (χ0v) is 8.28. The number of fused-ring (bicyclic) bond motifs is 1. The Labute approximate surface area is 82.7 Å². The minimum atomic E-state index is -0.0344. The van der Waals surface area contributed by atoms with E-state index in [-0.39, 0.29) is 13.4 Å². The Morgan fingerprint density at radius 2 is 2.14 bits per heavy atom. The SMILES string of the molecule is CN(C)c1cc(CO)c2c(c1)OCO2. The van der Waals surface area contributed by atoms with Gasteiger partial charge in [-0.25, -0.2) is 0 Å². The zero-order chi connectivity index (χ0) is 10.1. The van der Waals surface area contributed by atoms with E-state index in [1.807, 2.05) is 31.1 Å². The molecule has 76 valence electrons. The molecule has 0 bridgehead atoms. The van der Waals surface area contributed by atoms with E-state index in [1.165, 1.54) is 0 Å². The number of hydrogen-bond donors (Lipinski definition) is 1. The third-order valence-electron chi connectivity index (χ3n) is 2.22. The zero-order valence-electron chi connectivity index (χ0n) is 8.28. The molecule has 1 aliphatic heterocycles. The number of aliphatic hydroxyl groups excluding tert-OH is 1. The first-order valence-electron chi connectivity index (χ1n) is 4.43. The highest BCUT2D eigenvalue weighted by atomic mass is 16.7. The summed E-state index contributed by atoms with van der Waals surface area (Å²) in [6, 6.07) is 3.80. The number of anilines is 1. The molecule has 0 saturated heterocycles. The second-order valence-corrected chi connectivity index (χ2v) is 3.39. The van der Waals surface area contributed by atoms with Gasteiger partial charge in [-0.05, 0) is 6.07 Å². The molecule has 2 rings (SSSR count). The Hall–Kier alpha value is -1.42. The Morgan fingerprint density at radius 3 is 2.79 bits per heavy atom. The van der Waals surface area contributed by atoms with Crippen LogP contribution in [-0.4, -0.2) is 26.0 Å². The average Bonchev–Trinajstić information content (AvgIpc) is 2.63. The minimum absolute atomic E-state index is 0.0344. The van der Waals surface area contributed by atoms with Crippen LogP contribution in [0.5, 0.6) is 11.5 Å². The van der Waals surface area contributed by atoms with Gasteiger partial charge in [0.15, 0.2) is 11.5 Å². The molecule has 0 fully saturated rings. The van der Waals surface area contributed by atoms with Gasteiger partial charge >= 0.3 is 0 Å². The smallest absolute Gasteiger partial charge is 0.231 e. The van der Waals surface area contributed by atoms with Gasteiger partial charge in [0.25, 0.3) is 0 Å². The van der Waals surface area contributed by atoms with Gasteiger partial charge in [0.2, 0.25) is 6.79 Å². The molecule has 1 aromatic carbocycles. The third kappa shape index (κ3) is 1.37. The summed E-state index contributed by atoms with van der Waals surface area (Å²) in [7, 11) is 3.89. The van der Waals surface area contributed by atoms with Crippen molar-refractivity contribution in [2.45, 2.75) is 6.61 Å². The summed E-state index contributed by atoms with van der Waals surface area (Å²) in [5, 5.41) is 9.15. The minimum Gasteiger partial charge on any atom is -0.454 e. The maximum absolute atomic E-state index is 9.15. The third-order valence-corrected chi connectivity index (χ3v) is 2.22. The van der Waals surface area contributed by atoms with E-state index < -0.39 is 0 Å². The Kier molecular flexibility index (Phi) is 2.21. The lowest BCUT2D eigenvalue weighted by atomic mass is 10.1. The molecule has 1 N–H and O–H groups in total. The largest absolute Gasteiger partial charge is 0.454 e. The van der Waals surface area contributed by atoms with Gasteiger partial charge in [-0.1, -0.05) is 0 Å². The van der Waals surface area contributed by atoms with Crippen molar-refractivity contribution in [3.63, 3.8) is 0 Å². The molecule has 14 heavy (non-hydrogen) atoms. The monoisotopic (exact) mass is 195 g/mol. The van der Waals surface area contributed by atoms with Crippen molar-refractivity contribution in [1.82, 2.24) is 0 Å². The second-order valence-electron chi connectivity index (χ2n) is 3.39. The standard InChI is InChI=1S/C10H13NO3/c1-11(2)8-3-7(5-12)10-9(4-8)13-6-14-10/h3-4,12H,5-6H2,1-2H3. The van der Waals surface area contributed by atoms with Crippen LogP contribution in [0.4, 0.5) is 5.69 Å². The fourth-order valence-electron chi connectivity index (χ4n) is 1.44. The highest BCUT2D eigenvalue weighted by molar-refractivity contribution is 5.60. The van der Waals surface area contributed by atoms with Crippen molar-refractivity contribution in [3.8, 4) is 11.5 Å². The Morgan fingerprint density at radius 1 is 1.36 bits per heavy atom. The van der Waals surface area contributed by atoms with E-state index in [4.69, 9.17) is 14.6 Å². The number of benzene rings is 1. The molecule has 0 saturated carbocycles. The first-order valence-corrected chi connectivity index (χ1v) is 4.43. The van der Waals surface area contributed by atoms with Crippen molar-refractivity contribution >= 4 is 5.69 Å². The molecule has 4 nitrogen and oxygen atoms in total. The predicted molar refractivity (Wildman–Crippen MR) is 52.8 cm³/mol. The van der Waals surface area contributed by atoms with Crippen LogP contribution in [-0.2, 0) is 6.61 Å². The molecular weight excluding hydrogens is 182 g/mol. The highest BCUT2D eigenvalue weighted by Gasteiger charge is 2.19. The van der Waals surface area contributed by atoms with E-state index in [0.29, 0.717) is 11.5 Å². The fourth-order valence-corrected chi connectivity index (χ4v) is 1.44. The van der Waals surface area contributed by atoms with Crippen molar-refractivity contribution < 1.29 is 14.6 Å². The molecule has 0 aromatic heterocycles. The number of ether oxygens (including phenoxy) is 2. The van der Waals surface area contributed by atoms with E-state index in [2.05, 4.69) is 0 Å². The number of nitrogens with zero attached hydrogens (tertiary/aromatic N) is 1. The Bertz CT molecular complexity index is 349. The summed E-state index contributed by atoms with van der Waals surface area (Å²) in [6.45, 7) is 0.201. The van der Waals surface area contributed by atoms with Crippen LogP contribution in [0.2, 0.25) is 0 Å². The molecule has 0 unspecified atom stereocenters. The van der Waals surface area contributed by atoms with Gasteiger partial charge in [-0.2, -0.15) is 0 Å². The predicted octanol–water partition coefficient (Wildman–Crippen LogP) is 0.974. The summed E-state index contributed by atoms with van der Waals surface area (Å²) in [5.41, 5.74) is 1.77. The van der Waals surface area contributed by atoms with Gasteiger partial charge in [-0.3, -0.25) is 0 Å². The number of rotatable bonds is 2. The molecule has 0 aliphatic carbocycles. The van der Waals surface area contributed by atoms with Gasteiger partial charge in [-0.15, -0.1) is 0 Å². The number of aliphatic hydroxyl groups is 1. The fraction of sp³-hybridized carbons (Fsp3) is 0.400. The summed E-state index contributed by atoms with van der Waals surface area (Å²) >= 11 is 0. The molecule has 0 amide bonds. The summed E-state index contributed by atoms with van der Waals surface area (Å²) in [6.07, 6.45) is 0. The maximum Gasteiger partial charge on any atom is 0.231 e. The van der Waals surface area contributed by atoms with Gasteiger partial charge in [0.1, 0.15) is 0 Å². The van der Waals surface area contributed by atoms with Crippen LogP contribution in [0, 0.1) is 0 Å². The normalized spacial score (nSPS) is 13.1. The summed E-state index contributed by atoms with van der Waals surface area (Å²) in [4.78, 5) is 1.96. The second kappa shape index (κ2) is 3.38. The van der Waals surface area contributed by atoms with Gasteiger partial charge in [0.05, 0.1) is 6.61 Å². The van der Waals surface area contributed by atoms with E-state index >= 15 is 0 Å². The van der Waals surface area contributed by atoms with Crippen LogP contribution in [0.25, 0.3) is 0 Å². The topological polar surface area (TPSA) is 41.9 Å². The lowest BCUT2D eigenvalue weighted by Gasteiger charge is -2.14. The van der Waals surface area contributed by atoms with Crippen LogP contribution >= 0.6 is 0 Å². The first-order chi connectivity index (χ1) is 6.72. The number of hydrogen-bond acceptors (Lipinski definition) is 4. The highest BCUT2D eigenvalue weighted by Crippen LogP contribution is 2.39. The molecule has 0 radical (unpaired) electrons. The maximum atomic E-state index is 9.15. The quantitative estimate of drug-likeness (QED) is 0.763. The average molecular weight is 195 g/mol. The van der Waals surface area contributed by atoms with E-state index in [1.54, 1.807) is 0 Å². The van der Waals surface area contributed by atoms with Crippen LogP contribution < -0.4 is 14.4 Å². The van der Waals surface area contributed by atoms with Crippen LogP contribution in [0.3, 0.4) is 0 Å². The molecule has 1 aliphatic rings.